The van der Waals surface area contributed by atoms with Gasteiger partial charge in [-0.3, -0.25) is 11.3 Å². The Labute approximate surface area is 104 Å². The third-order valence-corrected chi connectivity index (χ3v) is 3.20. The monoisotopic (exact) mass is 290 g/mol. The van der Waals surface area contributed by atoms with Gasteiger partial charge in [-0.05, 0) is 36.1 Å². The number of nitrogens with one attached hydrogen (secondary N) is 1. The van der Waals surface area contributed by atoms with Crippen LogP contribution in [0.25, 0.3) is 0 Å². The zero-order chi connectivity index (χ0) is 11.4. The normalized spacial score (nSPS) is 13.2. The van der Waals surface area contributed by atoms with Crippen LogP contribution in [-0.2, 0) is 0 Å². The van der Waals surface area contributed by atoms with E-state index in [1.54, 1.807) is 0 Å². The molecule has 1 aromatic rings. The maximum atomic E-state index is 5.96. The van der Waals surface area contributed by atoms with E-state index in [4.69, 9.17) is 17.4 Å². The summed E-state index contributed by atoms with van der Waals surface area (Å²) in [5.74, 6) is 6.14. The molecular formula is C11H16BrClN2. The van der Waals surface area contributed by atoms with E-state index in [1.807, 2.05) is 18.2 Å². The van der Waals surface area contributed by atoms with Gasteiger partial charge >= 0.3 is 0 Å². The third kappa shape index (κ3) is 3.76. The highest BCUT2D eigenvalue weighted by atomic mass is 79.9. The SMILES string of the molecule is CC(C)CC(NN)c1cc(Cl)ccc1Br. The molecule has 0 aromatic heterocycles. The first-order chi connectivity index (χ1) is 7.04. The molecule has 15 heavy (non-hydrogen) atoms. The van der Waals surface area contributed by atoms with Crippen LogP contribution in [0.15, 0.2) is 22.7 Å². The molecule has 0 aliphatic heterocycles. The molecule has 0 saturated heterocycles. The van der Waals surface area contributed by atoms with Gasteiger partial charge in [0, 0.05) is 15.5 Å². The smallest absolute Gasteiger partial charge is 0.0474 e. The van der Waals surface area contributed by atoms with Gasteiger partial charge in [-0.2, -0.15) is 0 Å². The van der Waals surface area contributed by atoms with Crippen molar-refractivity contribution >= 4 is 27.5 Å². The van der Waals surface area contributed by atoms with Gasteiger partial charge < -0.3 is 0 Å². The largest absolute Gasteiger partial charge is 0.271 e. The Hall–Kier alpha value is -0.0900. The molecule has 0 aliphatic rings. The van der Waals surface area contributed by atoms with Crippen molar-refractivity contribution in [2.45, 2.75) is 26.3 Å². The number of rotatable bonds is 4. The standard InChI is InChI=1S/C11H16BrClN2/c1-7(2)5-11(15-14)9-6-8(13)3-4-10(9)12/h3-4,6-7,11,15H,5,14H2,1-2H3. The molecule has 0 spiro atoms. The number of hydrazine groups is 1. The Morgan fingerprint density at radius 1 is 1.47 bits per heavy atom. The zero-order valence-corrected chi connectivity index (χ0v) is 11.3. The molecule has 0 amide bonds. The van der Waals surface area contributed by atoms with Gasteiger partial charge in [0.2, 0.25) is 0 Å². The van der Waals surface area contributed by atoms with E-state index in [9.17, 15) is 0 Å². The quantitative estimate of drug-likeness (QED) is 0.656. The molecule has 2 nitrogen and oxygen atoms in total. The molecule has 0 aliphatic carbocycles. The summed E-state index contributed by atoms with van der Waals surface area (Å²) in [5, 5.41) is 0.734. The number of nitrogens with two attached hydrogens (primary N) is 1. The van der Waals surface area contributed by atoms with Crippen molar-refractivity contribution in [3.8, 4) is 0 Å². The Balaban J connectivity index is 2.95. The van der Waals surface area contributed by atoms with E-state index in [0.717, 1.165) is 21.5 Å². The van der Waals surface area contributed by atoms with E-state index in [0.29, 0.717) is 5.92 Å². The molecule has 3 N–H and O–H groups in total. The fourth-order valence-electron chi connectivity index (χ4n) is 1.54. The predicted octanol–water partition coefficient (Wildman–Crippen LogP) is 3.65. The first kappa shape index (κ1) is 13.0. The van der Waals surface area contributed by atoms with Gasteiger partial charge in [0.1, 0.15) is 0 Å². The van der Waals surface area contributed by atoms with E-state index in [1.165, 1.54) is 0 Å². The average molecular weight is 292 g/mol. The van der Waals surface area contributed by atoms with Gasteiger partial charge in [0.15, 0.2) is 0 Å². The molecule has 1 atom stereocenters. The molecule has 1 rings (SSSR count). The minimum Gasteiger partial charge on any atom is -0.271 e. The highest BCUT2D eigenvalue weighted by molar-refractivity contribution is 9.10. The Morgan fingerprint density at radius 3 is 2.67 bits per heavy atom. The Bertz CT molecular complexity index is 328. The molecule has 0 heterocycles. The summed E-state index contributed by atoms with van der Waals surface area (Å²) in [7, 11) is 0. The lowest BCUT2D eigenvalue weighted by Gasteiger charge is -2.20. The van der Waals surface area contributed by atoms with Gasteiger partial charge in [-0.1, -0.05) is 41.4 Å². The van der Waals surface area contributed by atoms with Crippen LogP contribution in [-0.4, -0.2) is 0 Å². The van der Waals surface area contributed by atoms with Crippen molar-refractivity contribution in [1.82, 2.24) is 5.43 Å². The van der Waals surface area contributed by atoms with Crippen molar-refractivity contribution in [3.05, 3.63) is 33.3 Å². The van der Waals surface area contributed by atoms with Gasteiger partial charge in [0.25, 0.3) is 0 Å². The molecule has 1 aromatic carbocycles. The van der Waals surface area contributed by atoms with Crippen molar-refractivity contribution in [1.29, 1.82) is 0 Å². The first-order valence-electron chi connectivity index (χ1n) is 4.95. The van der Waals surface area contributed by atoms with Crippen molar-refractivity contribution in [2.24, 2.45) is 11.8 Å². The molecule has 0 saturated carbocycles. The predicted molar refractivity (Wildman–Crippen MR) is 68.7 cm³/mol. The van der Waals surface area contributed by atoms with Gasteiger partial charge in [-0.15, -0.1) is 0 Å². The minimum atomic E-state index is 0.137. The average Bonchev–Trinajstić information content (AvgIpc) is 2.18. The summed E-state index contributed by atoms with van der Waals surface area (Å²) in [4.78, 5) is 0. The highest BCUT2D eigenvalue weighted by Crippen LogP contribution is 2.29. The lowest BCUT2D eigenvalue weighted by Crippen LogP contribution is -2.29. The molecule has 84 valence electrons. The van der Waals surface area contributed by atoms with Crippen LogP contribution in [0.5, 0.6) is 0 Å². The van der Waals surface area contributed by atoms with Crippen molar-refractivity contribution < 1.29 is 0 Å². The second-order valence-electron chi connectivity index (χ2n) is 4.01. The topological polar surface area (TPSA) is 38.0 Å². The number of hydrogen-bond acceptors (Lipinski definition) is 2. The summed E-state index contributed by atoms with van der Waals surface area (Å²) in [5.41, 5.74) is 3.94. The van der Waals surface area contributed by atoms with E-state index >= 15 is 0 Å². The van der Waals surface area contributed by atoms with Crippen LogP contribution in [0.2, 0.25) is 5.02 Å². The van der Waals surface area contributed by atoms with E-state index in [2.05, 4.69) is 35.2 Å². The van der Waals surface area contributed by atoms with Crippen LogP contribution in [0.4, 0.5) is 0 Å². The summed E-state index contributed by atoms with van der Waals surface area (Å²) < 4.78 is 1.04. The summed E-state index contributed by atoms with van der Waals surface area (Å²) in [6.45, 7) is 4.34. The summed E-state index contributed by atoms with van der Waals surface area (Å²) in [6, 6.07) is 5.89. The second-order valence-corrected chi connectivity index (χ2v) is 5.31. The van der Waals surface area contributed by atoms with Crippen LogP contribution < -0.4 is 11.3 Å². The molecule has 0 bridgehead atoms. The molecule has 0 radical (unpaired) electrons. The maximum Gasteiger partial charge on any atom is 0.0474 e. The van der Waals surface area contributed by atoms with Crippen LogP contribution >= 0.6 is 27.5 Å². The number of halogens is 2. The van der Waals surface area contributed by atoms with Crippen LogP contribution in [0.3, 0.4) is 0 Å². The fourth-order valence-corrected chi connectivity index (χ4v) is 2.24. The highest BCUT2D eigenvalue weighted by Gasteiger charge is 2.14. The van der Waals surface area contributed by atoms with E-state index in [-0.39, 0.29) is 6.04 Å². The first-order valence-corrected chi connectivity index (χ1v) is 6.12. The van der Waals surface area contributed by atoms with Crippen molar-refractivity contribution in [2.75, 3.05) is 0 Å². The van der Waals surface area contributed by atoms with Gasteiger partial charge in [-0.25, -0.2) is 0 Å². The fraction of sp³-hybridized carbons (Fsp3) is 0.455. The Morgan fingerprint density at radius 2 is 2.13 bits per heavy atom. The minimum absolute atomic E-state index is 0.137. The van der Waals surface area contributed by atoms with E-state index < -0.39 is 0 Å². The third-order valence-electron chi connectivity index (χ3n) is 2.24. The maximum absolute atomic E-state index is 5.96. The zero-order valence-electron chi connectivity index (χ0n) is 8.93. The van der Waals surface area contributed by atoms with Crippen LogP contribution in [0.1, 0.15) is 31.9 Å². The number of benzene rings is 1. The van der Waals surface area contributed by atoms with Crippen molar-refractivity contribution in [3.63, 3.8) is 0 Å². The number of hydrogen-bond donors (Lipinski definition) is 2. The molecule has 1 unspecified atom stereocenters. The van der Waals surface area contributed by atoms with Crippen LogP contribution in [0, 0.1) is 5.92 Å². The molecule has 0 fully saturated rings. The molecule has 4 heteroatoms. The van der Waals surface area contributed by atoms with Gasteiger partial charge in [0.05, 0.1) is 0 Å². The Kier molecular flexibility index (Phi) is 5.06. The second kappa shape index (κ2) is 5.85. The summed E-state index contributed by atoms with van der Waals surface area (Å²) in [6.07, 6.45) is 0.982. The molecular weight excluding hydrogens is 275 g/mol. The lowest BCUT2D eigenvalue weighted by molar-refractivity contribution is 0.437. The summed E-state index contributed by atoms with van der Waals surface area (Å²) >= 11 is 9.47. The lowest BCUT2D eigenvalue weighted by atomic mass is 9.98.